The second-order valence-corrected chi connectivity index (χ2v) is 7.62. The van der Waals surface area contributed by atoms with Gasteiger partial charge in [0.15, 0.2) is 0 Å². The molecule has 1 fully saturated rings. The van der Waals surface area contributed by atoms with Gasteiger partial charge in [-0.3, -0.25) is 5.84 Å². The molecule has 0 spiro atoms. The number of carboxylic acids is 1. The number of aromatic nitrogens is 1. The van der Waals surface area contributed by atoms with Gasteiger partial charge < -0.3 is 14.8 Å². The van der Waals surface area contributed by atoms with Crippen molar-refractivity contribution in [2.24, 2.45) is 11.8 Å². The fourth-order valence-corrected chi connectivity index (χ4v) is 3.82. The molecule has 3 aromatic rings. The van der Waals surface area contributed by atoms with Gasteiger partial charge in [0.2, 0.25) is 0 Å². The van der Waals surface area contributed by atoms with Gasteiger partial charge in [-0.15, -0.1) is 0 Å². The van der Waals surface area contributed by atoms with E-state index >= 15 is 0 Å². The first-order valence-corrected chi connectivity index (χ1v) is 9.88. The first kappa shape index (κ1) is 19.7. The molecule has 0 saturated carbocycles. The maximum absolute atomic E-state index is 11.4. The highest BCUT2D eigenvalue weighted by molar-refractivity contribution is 6.34. The zero-order chi connectivity index (χ0) is 20.5. The van der Waals surface area contributed by atoms with Crippen LogP contribution in [0.15, 0.2) is 42.6 Å². The molecule has 29 heavy (non-hydrogen) atoms. The third kappa shape index (κ3) is 3.95. The highest BCUT2D eigenvalue weighted by atomic mass is 35.5. The molecule has 7 nitrogen and oxygen atoms in total. The van der Waals surface area contributed by atoms with Crippen molar-refractivity contribution in [3.05, 3.63) is 53.2 Å². The van der Waals surface area contributed by atoms with E-state index in [2.05, 4.69) is 9.99 Å². The van der Waals surface area contributed by atoms with Gasteiger partial charge in [0, 0.05) is 48.2 Å². The molecule has 0 aliphatic carbocycles. The van der Waals surface area contributed by atoms with E-state index in [1.54, 1.807) is 11.2 Å². The largest absolute Gasteiger partial charge is 0.493 e. The number of hydrogen-bond donors (Lipinski definition) is 3. The van der Waals surface area contributed by atoms with Crippen molar-refractivity contribution >= 4 is 28.5 Å². The van der Waals surface area contributed by atoms with Crippen molar-refractivity contribution in [1.82, 2.24) is 15.1 Å². The average Bonchev–Trinajstić information content (AvgIpc) is 3.09. The number of fused-ring (bicyclic) bond motifs is 1. The van der Waals surface area contributed by atoms with Crippen molar-refractivity contribution in [2.45, 2.75) is 6.92 Å². The van der Waals surface area contributed by atoms with E-state index in [1.807, 2.05) is 37.3 Å². The third-order valence-corrected chi connectivity index (χ3v) is 5.59. The van der Waals surface area contributed by atoms with E-state index < -0.39 is 5.97 Å². The molecule has 0 atom stereocenters. The van der Waals surface area contributed by atoms with Crippen molar-refractivity contribution in [3.63, 3.8) is 0 Å². The topological polar surface area (TPSA) is 94.8 Å². The summed E-state index contributed by atoms with van der Waals surface area (Å²) in [4.78, 5) is 14.4. The summed E-state index contributed by atoms with van der Waals surface area (Å²) in [6.07, 6.45) is 1.48. The summed E-state index contributed by atoms with van der Waals surface area (Å²) in [6.45, 7) is 5.26. The molecule has 8 heteroatoms. The van der Waals surface area contributed by atoms with Crippen molar-refractivity contribution in [3.8, 4) is 16.9 Å². The van der Waals surface area contributed by atoms with Crippen molar-refractivity contribution in [2.75, 3.05) is 26.2 Å². The van der Waals surface area contributed by atoms with Crippen molar-refractivity contribution < 1.29 is 14.6 Å². The Bertz CT molecular complexity index is 1030. The first-order valence-electron chi connectivity index (χ1n) is 9.50. The molecule has 2 heterocycles. The van der Waals surface area contributed by atoms with Gasteiger partial charge in [0.1, 0.15) is 5.75 Å². The van der Waals surface area contributed by atoms with Gasteiger partial charge in [-0.1, -0.05) is 23.7 Å². The Morgan fingerprint density at radius 2 is 2.07 bits per heavy atom. The molecule has 1 aliphatic rings. The molecule has 1 saturated heterocycles. The van der Waals surface area contributed by atoms with Crippen LogP contribution in [0.5, 0.6) is 5.75 Å². The van der Waals surface area contributed by atoms with Crippen LogP contribution in [0.25, 0.3) is 22.0 Å². The molecule has 0 radical (unpaired) electrons. The highest BCUT2D eigenvalue weighted by Gasteiger charge is 2.29. The Balaban J connectivity index is 1.45. The number of carbonyl (C=O) groups is 1. The second kappa shape index (κ2) is 8.04. The summed E-state index contributed by atoms with van der Waals surface area (Å²) < 4.78 is 5.90. The van der Waals surface area contributed by atoms with Crippen LogP contribution in [0, 0.1) is 5.92 Å². The lowest BCUT2D eigenvalue weighted by Crippen LogP contribution is -2.60. The maximum Gasteiger partial charge on any atom is 0.337 e. The number of ether oxygens (including phenoxy) is 1. The molecule has 0 bridgehead atoms. The van der Waals surface area contributed by atoms with Crippen LogP contribution in [-0.2, 0) is 0 Å². The average molecular weight is 415 g/mol. The van der Waals surface area contributed by atoms with E-state index in [4.69, 9.17) is 22.2 Å². The summed E-state index contributed by atoms with van der Waals surface area (Å²) in [5.74, 6) is 6.14. The van der Waals surface area contributed by atoms with Crippen LogP contribution in [0.1, 0.15) is 17.3 Å². The van der Waals surface area contributed by atoms with E-state index in [9.17, 15) is 9.90 Å². The Labute approximate surface area is 173 Å². The number of nitrogens with zero attached hydrogens (tertiary/aromatic N) is 2. The standard InChI is InChI=1S/C21H23ClN4O3/c1-2-26(23)25-10-13(11-25)12-29-15-5-3-14(4-6-15)16-7-17-18(21(27)28)9-24-20(17)8-19(16)22/h3-9,13,24H,2,10-12,23H2,1H3,(H,27,28). The molecular formula is C21H23ClN4O3. The predicted octanol–water partition coefficient (Wildman–Crippen LogP) is 3.61. The van der Waals surface area contributed by atoms with Crippen LogP contribution in [-0.4, -0.2) is 52.4 Å². The summed E-state index contributed by atoms with van der Waals surface area (Å²) >= 11 is 6.43. The predicted molar refractivity (Wildman–Crippen MR) is 113 cm³/mol. The fraction of sp³-hybridized carbons (Fsp3) is 0.286. The zero-order valence-corrected chi connectivity index (χ0v) is 16.8. The lowest BCUT2D eigenvalue weighted by molar-refractivity contribution is -0.112. The molecule has 2 aromatic carbocycles. The number of hydrogen-bond acceptors (Lipinski definition) is 5. The number of nitrogens with two attached hydrogens (primary N) is 1. The van der Waals surface area contributed by atoms with Crippen LogP contribution < -0.4 is 10.6 Å². The van der Waals surface area contributed by atoms with Gasteiger partial charge >= 0.3 is 5.97 Å². The minimum atomic E-state index is -0.973. The smallest absolute Gasteiger partial charge is 0.337 e. The van der Waals surface area contributed by atoms with Crippen molar-refractivity contribution in [1.29, 1.82) is 0 Å². The number of carboxylic acid groups (broad SMARTS) is 1. The molecule has 152 valence electrons. The minimum Gasteiger partial charge on any atom is -0.493 e. The molecule has 1 aromatic heterocycles. The van der Waals surface area contributed by atoms with Gasteiger partial charge in [-0.25, -0.2) is 9.80 Å². The normalized spacial score (nSPS) is 15.0. The molecule has 0 amide bonds. The lowest BCUT2D eigenvalue weighted by Gasteiger charge is -2.43. The number of rotatable bonds is 7. The maximum atomic E-state index is 11.4. The summed E-state index contributed by atoms with van der Waals surface area (Å²) in [5.41, 5.74) is 2.61. The minimum absolute atomic E-state index is 0.228. The van der Waals surface area contributed by atoms with Crippen LogP contribution in [0.3, 0.4) is 0 Å². The number of hydrazine groups is 2. The molecule has 4 N–H and O–H groups in total. The van der Waals surface area contributed by atoms with Crippen LogP contribution >= 0.6 is 11.6 Å². The lowest BCUT2D eigenvalue weighted by atomic mass is 10.0. The fourth-order valence-electron chi connectivity index (χ4n) is 3.54. The van der Waals surface area contributed by atoms with Gasteiger partial charge in [0.25, 0.3) is 0 Å². The van der Waals surface area contributed by atoms with Crippen LogP contribution in [0.4, 0.5) is 0 Å². The third-order valence-electron chi connectivity index (χ3n) is 5.28. The number of nitrogens with one attached hydrogen (secondary N) is 1. The van der Waals surface area contributed by atoms with Gasteiger partial charge in [-0.05, 0) is 36.8 Å². The van der Waals surface area contributed by atoms with Gasteiger partial charge in [-0.2, -0.15) is 5.12 Å². The molecule has 4 rings (SSSR count). The number of aromatic amines is 1. The Hall–Kier alpha value is -2.58. The molecule has 1 aliphatic heterocycles. The van der Waals surface area contributed by atoms with E-state index in [-0.39, 0.29) is 5.56 Å². The molecular weight excluding hydrogens is 392 g/mol. The van der Waals surface area contributed by atoms with E-state index in [0.29, 0.717) is 28.5 Å². The van der Waals surface area contributed by atoms with Gasteiger partial charge in [0.05, 0.1) is 17.2 Å². The summed E-state index contributed by atoms with van der Waals surface area (Å²) in [6, 6.07) is 11.2. The summed E-state index contributed by atoms with van der Waals surface area (Å²) in [7, 11) is 0. The first-order chi connectivity index (χ1) is 14.0. The SMILES string of the molecule is CCN(N)N1CC(COc2ccc(-c3cc4c(C(=O)O)c[nH]c4cc3Cl)cc2)C1. The summed E-state index contributed by atoms with van der Waals surface area (Å²) in [5, 5.41) is 14.4. The Morgan fingerprint density at radius 3 is 2.72 bits per heavy atom. The van der Waals surface area contributed by atoms with E-state index in [1.165, 1.54) is 6.20 Å². The Kier molecular flexibility index (Phi) is 5.47. The zero-order valence-electron chi connectivity index (χ0n) is 16.1. The highest BCUT2D eigenvalue weighted by Crippen LogP contribution is 2.34. The quantitative estimate of drug-likeness (QED) is 0.404. The number of halogens is 1. The van der Waals surface area contributed by atoms with Crippen LogP contribution in [0.2, 0.25) is 5.02 Å². The Morgan fingerprint density at radius 1 is 1.34 bits per heavy atom. The monoisotopic (exact) mass is 414 g/mol. The molecule has 0 unspecified atom stereocenters. The number of benzene rings is 2. The number of H-pyrrole nitrogens is 1. The van der Waals surface area contributed by atoms with E-state index in [0.717, 1.165) is 36.5 Å². The second-order valence-electron chi connectivity index (χ2n) is 7.21. The number of aromatic carboxylic acids is 1.